The van der Waals surface area contributed by atoms with Crippen LogP contribution in [0.3, 0.4) is 0 Å². The van der Waals surface area contributed by atoms with Gasteiger partial charge < -0.3 is 5.11 Å². The molecule has 2 atom stereocenters. The largest absolute Gasteiger partial charge is 0.392 e. The molecule has 1 aliphatic rings. The number of hydrogen-bond donors (Lipinski definition) is 1. The predicted molar refractivity (Wildman–Crippen MR) is 87.4 cm³/mol. The average molecular weight is 316 g/mol. The Morgan fingerprint density at radius 3 is 2.48 bits per heavy atom. The number of hydrogen-bond acceptors (Lipinski definition) is 1. The fourth-order valence-corrected chi connectivity index (χ4v) is 3.84. The molecule has 0 aromatic heterocycles. The third-order valence-electron chi connectivity index (χ3n) is 5.12. The molecule has 2 unspecified atom stereocenters. The number of halogens is 2. The minimum absolute atomic E-state index is 0.274. The van der Waals surface area contributed by atoms with Crippen LogP contribution in [0.4, 0.5) is 8.78 Å². The van der Waals surface area contributed by atoms with E-state index in [0.29, 0.717) is 12.8 Å². The minimum atomic E-state index is -0.879. The topological polar surface area (TPSA) is 20.2 Å². The van der Waals surface area contributed by atoms with E-state index in [1.54, 1.807) is 6.07 Å². The van der Waals surface area contributed by atoms with E-state index in [1.165, 1.54) is 6.07 Å². The Labute approximate surface area is 136 Å². The van der Waals surface area contributed by atoms with Crippen LogP contribution in [0.5, 0.6) is 0 Å². The zero-order chi connectivity index (χ0) is 16.4. The van der Waals surface area contributed by atoms with Crippen LogP contribution < -0.4 is 0 Å². The Balaban J connectivity index is 2.24. The average Bonchev–Trinajstić information content (AvgIpc) is 2.73. The first kappa shape index (κ1) is 16.1. The molecule has 1 saturated carbocycles. The maximum atomic E-state index is 14.6. The van der Waals surface area contributed by atoms with Gasteiger partial charge in [-0.3, -0.25) is 0 Å². The molecule has 3 rings (SSSR count). The first-order valence-corrected chi connectivity index (χ1v) is 8.25. The highest BCUT2D eigenvalue weighted by Crippen LogP contribution is 2.45. The number of aryl methyl sites for hydroxylation is 1. The maximum Gasteiger partial charge on any atom is 0.163 e. The lowest BCUT2D eigenvalue weighted by molar-refractivity contribution is 0.0922. The molecule has 0 bridgehead atoms. The van der Waals surface area contributed by atoms with Gasteiger partial charge in [0.05, 0.1) is 6.10 Å². The zero-order valence-corrected chi connectivity index (χ0v) is 13.4. The molecular formula is C20H22F2O. The summed E-state index contributed by atoms with van der Waals surface area (Å²) >= 11 is 0. The van der Waals surface area contributed by atoms with E-state index in [-0.39, 0.29) is 5.56 Å². The van der Waals surface area contributed by atoms with Crippen molar-refractivity contribution in [1.82, 2.24) is 0 Å². The Morgan fingerprint density at radius 2 is 1.74 bits per heavy atom. The quantitative estimate of drug-likeness (QED) is 0.783. The molecule has 1 N–H and O–H groups in total. The second-order valence-corrected chi connectivity index (χ2v) is 6.55. The van der Waals surface area contributed by atoms with Gasteiger partial charge in [-0.05, 0) is 31.4 Å². The molecule has 2 aromatic carbocycles. The van der Waals surface area contributed by atoms with Crippen molar-refractivity contribution in [1.29, 1.82) is 0 Å². The second kappa shape index (κ2) is 6.40. The Hall–Kier alpha value is -1.74. The highest BCUT2D eigenvalue weighted by Gasteiger charge is 2.44. The summed E-state index contributed by atoms with van der Waals surface area (Å²) in [7, 11) is 0. The summed E-state index contributed by atoms with van der Waals surface area (Å²) < 4.78 is 28.5. The van der Waals surface area contributed by atoms with E-state index < -0.39 is 23.2 Å². The van der Waals surface area contributed by atoms with Crippen LogP contribution in [0.15, 0.2) is 42.5 Å². The monoisotopic (exact) mass is 316 g/mol. The lowest BCUT2D eigenvalue weighted by Crippen LogP contribution is -2.41. The van der Waals surface area contributed by atoms with Gasteiger partial charge in [0.25, 0.3) is 0 Å². The van der Waals surface area contributed by atoms with Crippen molar-refractivity contribution >= 4 is 0 Å². The van der Waals surface area contributed by atoms with E-state index in [2.05, 4.69) is 0 Å². The highest BCUT2D eigenvalue weighted by molar-refractivity contribution is 5.43. The van der Waals surface area contributed by atoms with E-state index in [9.17, 15) is 13.9 Å². The standard InChI is InChI=1S/C20H22F2O/c1-14-9-11-15(12-10-14)20(13-4-2-3-8-18(20)23)16-6-5-7-17(21)19(16)22/h5-7,9-12,18,23H,2-4,8,13H2,1H3. The third kappa shape index (κ3) is 2.78. The van der Waals surface area contributed by atoms with Gasteiger partial charge in [-0.1, -0.05) is 61.2 Å². The van der Waals surface area contributed by atoms with Crippen molar-refractivity contribution < 1.29 is 13.9 Å². The Kier molecular flexibility index (Phi) is 4.49. The van der Waals surface area contributed by atoms with Crippen LogP contribution in [0.1, 0.15) is 48.8 Å². The molecule has 122 valence electrons. The second-order valence-electron chi connectivity index (χ2n) is 6.55. The lowest BCUT2D eigenvalue weighted by Gasteiger charge is -2.38. The number of aliphatic hydroxyl groups excluding tert-OH is 1. The first-order valence-electron chi connectivity index (χ1n) is 8.25. The van der Waals surface area contributed by atoms with Gasteiger partial charge in [0.2, 0.25) is 0 Å². The van der Waals surface area contributed by atoms with Gasteiger partial charge in [-0.2, -0.15) is 0 Å². The van der Waals surface area contributed by atoms with E-state index in [4.69, 9.17) is 0 Å². The SMILES string of the molecule is Cc1ccc(C2(c3cccc(F)c3F)CCCCCC2O)cc1. The summed E-state index contributed by atoms with van der Waals surface area (Å²) in [5.74, 6) is -1.69. The lowest BCUT2D eigenvalue weighted by atomic mass is 9.67. The summed E-state index contributed by atoms with van der Waals surface area (Å²) in [6.07, 6.45) is 3.30. The molecule has 0 spiro atoms. The maximum absolute atomic E-state index is 14.6. The molecule has 23 heavy (non-hydrogen) atoms. The summed E-state index contributed by atoms with van der Waals surface area (Å²) in [4.78, 5) is 0. The molecule has 0 amide bonds. The van der Waals surface area contributed by atoms with Gasteiger partial charge in [0.15, 0.2) is 11.6 Å². The van der Waals surface area contributed by atoms with Crippen molar-refractivity contribution in [2.45, 2.75) is 50.5 Å². The Morgan fingerprint density at radius 1 is 1.00 bits per heavy atom. The molecule has 2 aromatic rings. The zero-order valence-electron chi connectivity index (χ0n) is 13.4. The molecule has 0 heterocycles. The van der Waals surface area contributed by atoms with E-state index in [1.807, 2.05) is 31.2 Å². The molecular weight excluding hydrogens is 294 g/mol. The van der Waals surface area contributed by atoms with Crippen LogP contribution in [-0.4, -0.2) is 11.2 Å². The third-order valence-corrected chi connectivity index (χ3v) is 5.12. The fourth-order valence-electron chi connectivity index (χ4n) is 3.84. The van der Waals surface area contributed by atoms with E-state index >= 15 is 0 Å². The van der Waals surface area contributed by atoms with Crippen LogP contribution >= 0.6 is 0 Å². The molecule has 1 nitrogen and oxygen atoms in total. The molecule has 1 aliphatic carbocycles. The van der Waals surface area contributed by atoms with Gasteiger partial charge in [0.1, 0.15) is 0 Å². The molecule has 0 saturated heterocycles. The van der Waals surface area contributed by atoms with Gasteiger partial charge >= 0.3 is 0 Å². The molecule has 3 heteroatoms. The smallest absolute Gasteiger partial charge is 0.163 e. The van der Waals surface area contributed by atoms with Crippen LogP contribution in [-0.2, 0) is 5.41 Å². The van der Waals surface area contributed by atoms with Crippen molar-refractivity contribution in [3.63, 3.8) is 0 Å². The molecule has 0 radical (unpaired) electrons. The fraction of sp³-hybridized carbons (Fsp3) is 0.400. The van der Waals surface area contributed by atoms with Crippen molar-refractivity contribution in [3.8, 4) is 0 Å². The predicted octanol–water partition coefficient (Wildman–Crippen LogP) is 4.88. The van der Waals surface area contributed by atoms with Crippen molar-refractivity contribution in [2.24, 2.45) is 0 Å². The van der Waals surface area contributed by atoms with Crippen LogP contribution in [0, 0.1) is 18.6 Å². The van der Waals surface area contributed by atoms with Crippen molar-refractivity contribution in [3.05, 3.63) is 70.8 Å². The first-order chi connectivity index (χ1) is 11.1. The summed E-state index contributed by atoms with van der Waals surface area (Å²) in [5.41, 5.74) is 1.36. The van der Waals surface area contributed by atoms with Gasteiger partial charge in [0, 0.05) is 11.0 Å². The summed E-state index contributed by atoms with van der Waals surface area (Å²) in [6.45, 7) is 1.99. The normalized spacial score (nSPS) is 25.1. The highest BCUT2D eigenvalue weighted by atomic mass is 19.2. The minimum Gasteiger partial charge on any atom is -0.392 e. The summed E-state index contributed by atoms with van der Waals surface area (Å²) in [6, 6.07) is 12.1. The van der Waals surface area contributed by atoms with Gasteiger partial charge in [-0.25, -0.2) is 8.78 Å². The van der Waals surface area contributed by atoms with E-state index in [0.717, 1.165) is 36.5 Å². The summed E-state index contributed by atoms with van der Waals surface area (Å²) in [5, 5.41) is 10.9. The molecule has 0 aliphatic heterocycles. The van der Waals surface area contributed by atoms with Crippen LogP contribution in [0.25, 0.3) is 0 Å². The number of benzene rings is 2. The number of aliphatic hydroxyl groups is 1. The molecule has 1 fully saturated rings. The van der Waals surface area contributed by atoms with Crippen LogP contribution in [0.2, 0.25) is 0 Å². The van der Waals surface area contributed by atoms with Gasteiger partial charge in [-0.15, -0.1) is 0 Å². The Bertz CT molecular complexity index is 681. The number of rotatable bonds is 2. The van der Waals surface area contributed by atoms with Crippen molar-refractivity contribution in [2.75, 3.05) is 0 Å².